The van der Waals surface area contributed by atoms with E-state index in [-0.39, 0.29) is 6.10 Å². The lowest BCUT2D eigenvalue weighted by atomic mass is 10.1. The Morgan fingerprint density at radius 3 is 2.46 bits per heavy atom. The molecule has 4 heteroatoms. The molecule has 3 rings (SSSR count). The van der Waals surface area contributed by atoms with Crippen LogP contribution in [-0.2, 0) is 13.0 Å². The normalized spacial score (nSPS) is 12.1. The van der Waals surface area contributed by atoms with Crippen LogP contribution in [0.2, 0.25) is 5.02 Å². The molecule has 3 nitrogen and oxygen atoms in total. The molecule has 0 aliphatic heterocycles. The molecule has 0 saturated carbocycles. The van der Waals surface area contributed by atoms with E-state index in [0.717, 1.165) is 35.7 Å². The van der Waals surface area contributed by atoms with Crippen molar-refractivity contribution in [3.05, 3.63) is 83.4 Å². The highest BCUT2D eigenvalue weighted by Crippen LogP contribution is 2.27. The van der Waals surface area contributed by atoms with Crippen LogP contribution < -0.4 is 4.74 Å². The molecule has 24 heavy (non-hydrogen) atoms. The summed E-state index contributed by atoms with van der Waals surface area (Å²) in [5.74, 6) is 0.887. The van der Waals surface area contributed by atoms with Crippen LogP contribution in [0.15, 0.2) is 67.3 Å². The van der Waals surface area contributed by atoms with Gasteiger partial charge in [-0.15, -0.1) is 0 Å². The number of aromatic nitrogens is 2. The average molecular weight is 341 g/mol. The fraction of sp³-hybridized carbons (Fsp3) is 0.250. The molecule has 0 amide bonds. The largest absolute Gasteiger partial charge is 0.486 e. The number of hydrogen-bond donors (Lipinski definition) is 0. The van der Waals surface area contributed by atoms with Crippen LogP contribution in [0.1, 0.15) is 30.6 Å². The van der Waals surface area contributed by atoms with Gasteiger partial charge in [0.2, 0.25) is 0 Å². The molecule has 124 valence electrons. The zero-order valence-corrected chi connectivity index (χ0v) is 14.5. The lowest BCUT2D eigenvalue weighted by Gasteiger charge is -2.20. The van der Waals surface area contributed by atoms with Crippen LogP contribution >= 0.6 is 11.6 Å². The maximum Gasteiger partial charge on any atom is 0.125 e. The first-order chi connectivity index (χ1) is 11.7. The first-order valence-corrected chi connectivity index (χ1v) is 8.59. The number of imidazole rings is 1. The minimum atomic E-state index is -0.0304. The molecule has 0 saturated heterocycles. The molecule has 0 radical (unpaired) electrons. The molecule has 0 spiro atoms. The first-order valence-electron chi connectivity index (χ1n) is 8.21. The van der Waals surface area contributed by atoms with Crippen molar-refractivity contribution in [1.82, 2.24) is 9.55 Å². The van der Waals surface area contributed by atoms with Gasteiger partial charge in [-0.3, -0.25) is 0 Å². The molecular formula is C20H21ClN2O. The molecule has 0 N–H and O–H groups in total. The van der Waals surface area contributed by atoms with Crippen LogP contribution in [0.25, 0.3) is 0 Å². The summed E-state index contributed by atoms with van der Waals surface area (Å²) in [4.78, 5) is 4.09. The molecule has 0 aliphatic carbocycles. The fourth-order valence-corrected chi connectivity index (χ4v) is 2.75. The van der Waals surface area contributed by atoms with Crippen molar-refractivity contribution >= 4 is 11.6 Å². The van der Waals surface area contributed by atoms with Crippen molar-refractivity contribution in [2.45, 2.75) is 32.4 Å². The monoisotopic (exact) mass is 340 g/mol. The van der Waals surface area contributed by atoms with Gasteiger partial charge in [-0.2, -0.15) is 0 Å². The Morgan fingerprint density at radius 2 is 1.83 bits per heavy atom. The summed E-state index contributed by atoms with van der Waals surface area (Å²) in [5.41, 5.74) is 2.43. The maximum absolute atomic E-state index is 6.26. The summed E-state index contributed by atoms with van der Waals surface area (Å²) >= 11 is 6.02. The van der Waals surface area contributed by atoms with Crippen molar-refractivity contribution in [1.29, 1.82) is 0 Å². The second-order valence-corrected chi connectivity index (χ2v) is 6.18. The highest BCUT2D eigenvalue weighted by Gasteiger charge is 2.14. The van der Waals surface area contributed by atoms with E-state index in [0.29, 0.717) is 0 Å². The van der Waals surface area contributed by atoms with E-state index in [1.54, 1.807) is 6.20 Å². The Balaban J connectivity index is 1.76. The summed E-state index contributed by atoms with van der Waals surface area (Å²) in [6.07, 6.45) is 7.44. The SMILES string of the molecule is CCc1ccc(O[C@H](CCn2ccnc2)c2ccc(Cl)cc2)cc1. The molecular weight excluding hydrogens is 320 g/mol. The third kappa shape index (κ3) is 4.39. The van der Waals surface area contributed by atoms with Crippen LogP contribution in [0.3, 0.4) is 0 Å². The summed E-state index contributed by atoms with van der Waals surface area (Å²) in [5, 5.41) is 0.736. The third-order valence-corrected chi connectivity index (χ3v) is 4.31. The number of rotatable bonds is 7. The zero-order valence-electron chi connectivity index (χ0n) is 13.7. The van der Waals surface area contributed by atoms with E-state index < -0.39 is 0 Å². The number of benzene rings is 2. The topological polar surface area (TPSA) is 27.1 Å². The molecule has 1 atom stereocenters. The number of halogens is 1. The van der Waals surface area contributed by atoms with Crippen molar-refractivity contribution in [3.63, 3.8) is 0 Å². The molecule has 0 fully saturated rings. The zero-order chi connectivity index (χ0) is 16.8. The molecule has 0 bridgehead atoms. The Kier molecular flexibility index (Phi) is 5.55. The van der Waals surface area contributed by atoms with E-state index in [1.165, 1.54) is 5.56 Å². The van der Waals surface area contributed by atoms with Gasteiger partial charge in [-0.1, -0.05) is 42.8 Å². The van der Waals surface area contributed by atoms with Gasteiger partial charge in [0.05, 0.1) is 6.33 Å². The highest BCUT2D eigenvalue weighted by molar-refractivity contribution is 6.30. The summed E-state index contributed by atoms with van der Waals surface area (Å²) in [6.45, 7) is 3.00. The maximum atomic E-state index is 6.26. The molecule has 3 aromatic rings. The average Bonchev–Trinajstić information content (AvgIpc) is 3.13. The number of nitrogens with zero attached hydrogens (tertiary/aromatic N) is 2. The summed E-state index contributed by atoms with van der Waals surface area (Å²) in [6, 6.07) is 16.2. The van der Waals surface area contributed by atoms with Crippen molar-refractivity contribution in [2.75, 3.05) is 0 Å². The Morgan fingerprint density at radius 1 is 1.08 bits per heavy atom. The third-order valence-electron chi connectivity index (χ3n) is 4.06. The van der Waals surface area contributed by atoms with Gasteiger partial charge in [0.15, 0.2) is 0 Å². The lowest BCUT2D eigenvalue weighted by Crippen LogP contribution is -2.11. The predicted molar refractivity (Wildman–Crippen MR) is 97.5 cm³/mol. The van der Waals surface area contributed by atoms with Gasteiger partial charge in [-0.25, -0.2) is 4.98 Å². The predicted octanol–water partition coefficient (Wildman–Crippen LogP) is 5.31. The van der Waals surface area contributed by atoms with Gasteiger partial charge in [-0.05, 0) is 41.8 Å². The Hall–Kier alpha value is -2.26. The molecule has 1 aromatic heterocycles. The summed E-state index contributed by atoms with van der Waals surface area (Å²) in [7, 11) is 0. The number of hydrogen-bond acceptors (Lipinski definition) is 2. The second-order valence-electron chi connectivity index (χ2n) is 5.74. The van der Waals surface area contributed by atoms with Gasteiger partial charge >= 0.3 is 0 Å². The van der Waals surface area contributed by atoms with E-state index in [1.807, 2.05) is 48.9 Å². The molecule has 2 aromatic carbocycles. The summed E-state index contributed by atoms with van der Waals surface area (Å²) < 4.78 is 8.32. The van der Waals surface area contributed by atoms with Gasteiger partial charge in [0.1, 0.15) is 11.9 Å². The number of ether oxygens (including phenoxy) is 1. The van der Waals surface area contributed by atoms with E-state index in [9.17, 15) is 0 Å². The van der Waals surface area contributed by atoms with E-state index in [4.69, 9.17) is 16.3 Å². The minimum Gasteiger partial charge on any atom is -0.486 e. The van der Waals surface area contributed by atoms with Crippen molar-refractivity contribution < 1.29 is 4.74 Å². The molecule has 0 aliphatic rings. The van der Waals surface area contributed by atoms with Crippen molar-refractivity contribution in [2.24, 2.45) is 0 Å². The quantitative estimate of drug-likeness (QED) is 0.582. The van der Waals surface area contributed by atoms with Gasteiger partial charge in [0.25, 0.3) is 0 Å². The number of aryl methyl sites for hydroxylation is 2. The van der Waals surface area contributed by atoms with Crippen LogP contribution in [0.5, 0.6) is 5.75 Å². The Labute approximate surface area is 147 Å². The second kappa shape index (κ2) is 8.02. The van der Waals surface area contributed by atoms with Crippen LogP contribution in [0.4, 0.5) is 0 Å². The standard InChI is InChI=1S/C20H21ClN2O/c1-2-16-3-9-19(10-4-16)24-20(11-13-23-14-12-22-15-23)17-5-7-18(21)8-6-17/h3-10,12,14-15,20H,2,11,13H2,1H3/t20-/m1/s1. The van der Waals surface area contributed by atoms with Crippen molar-refractivity contribution in [3.8, 4) is 5.75 Å². The van der Waals surface area contributed by atoms with Gasteiger partial charge in [0, 0.05) is 30.4 Å². The van der Waals surface area contributed by atoms with E-state index in [2.05, 4.69) is 28.6 Å². The highest BCUT2D eigenvalue weighted by atomic mass is 35.5. The van der Waals surface area contributed by atoms with Crippen LogP contribution in [-0.4, -0.2) is 9.55 Å². The molecule has 0 unspecified atom stereocenters. The smallest absolute Gasteiger partial charge is 0.125 e. The first kappa shape index (κ1) is 16.6. The fourth-order valence-electron chi connectivity index (χ4n) is 2.62. The minimum absolute atomic E-state index is 0.0304. The van der Waals surface area contributed by atoms with Crippen LogP contribution in [0, 0.1) is 0 Å². The molecule has 1 heterocycles. The Bertz CT molecular complexity index is 736. The van der Waals surface area contributed by atoms with Gasteiger partial charge < -0.3 is 9.30 Å². The van der Waals surface area contributed by atoms with E-state index >= 15 is 0 Å². The lowest BCUT2D eigenvalue weighted by molar-refractivity contribution is 0.188.